The summed E-state index contributed by atoms with van der Waals surface area (Å²) < 4.78 is 0. The van der Waals surface area contributed by atoms with Crippen molar-refractivity contribution in [3.63, 3.8) is 0 Å². The zero-order chi connectivity index (χ0) is 12.5. The monoisotopic (exact) mass is 256 g/mol. The molecule has 3 rings (SSSR count). The van der Waals surface area contributed by atoms with E-state index in [0.717, 1.165) is 12.0 Å². The maximum Gasteiger partial charge on any atom is 0.145 e. The quantitative estimate of drug-likeness (QED) is 0.817. The Kier molecular flexibility index (Phi) is 2.92. The van der Waals surface area contributed by atoms with Gasteiger partial charge < -0.3 is 0 Å². The first kappa shape index (κ1) is 11.5. The third-order valence-corrected chi connectivity index (χ3v) is 3.79. The van der Waals surface area contributed by atoms with E-state index in [1.54, 1.807) is 0 Å². The maximum atomic E-state index is 12.2. The number of Topliss-reactive ketones (excluding diaryl/α,β-unsaturated/α-hetero) is 1. The fraction of sp³-hybridized carbons (Fsp3) is 0.188. The van der Waals surface area contributed by atoms with Crippen LogP contribution in [0.1, 0.15) is 22.6 Å². The van der Waals surface area contributed by atoms with Crippen LogP contribution in [0.15, 0.2) is 48.5 Å². The van der Waals surface area contributed by atoms with Crippen LogP contribution in [-0.2, 0) is 17.6 Å². The van der Waals surface area contributed by atoms with Crippen LogP contribution in [0.3, 0.4) is 0 Å². The van der Waals surface area contributed by atoms with Gasteiger partial charge in [0.1, 0.15) is 5.78 Å². The maximum absolute atomic E-state index is 12.2. The van der Waals surface area contributed by atoms with Crippen LogP contribution < -0.4 is 0 Å². The van der Waals surface area contributed by atoms with E-state index in [4.69, 9.17) is 11.6 Å². The Morgan fingerprint density at radius 1 is 1.11 bits per heavy atom. The molecule has 0 fully saturated rings. The standard InChI is InChI=1S/C16H13ClO/c17-13-7-5-11(6-8-13)9-16(18)15-10-12-3-1-2-4-14(12)15/h1-8,15H,9-10H2. The molecule has 2 aromatic carbocycles. The van der Waals surface area contributed by atoms with E-state index in [-0.39, 0.29) is 5.92 Å². The van der Waals surface area contributed by atoms with Gasteiger partial charge in [-0.3, -0.25) is 4.79 Å². The number of carbonyl (C=O) groups is 1. The predicted molar refractivity (Wildman–Crippen MR) is 73.1 cm³/mol. The van der Waals surface area contributed by atoms with Gasteiger partial charge in [0.15, 0.2) is 0 Å². The number of rotatable bonds is 3. The number of hydrogen-bond acceptors (Lipinski definition) is 1. The van der Waals surface area contributed by atoms with Crippen molar-refractivity contribution in [2.45, 2.75) is 18.8 Å². The molecule has 0 amide bonds. The molecule has 1 aliphatic carbocycles. The molecule has 0 N–H and O–H groups in total. The van der Waals surface area contributed by atoms with Gasteiger partial charge in [0.2, 0.25) is 0 Å². The molecule has 0 aliphatic heterocycles. The summed E-state index contributed by atoms with van der Waals surface area (Å²) in [5.41, 5.74) is 3.55. The summed E-state index contributed by atoms with van der Waals surface area (Å²) in [6.07, 6.45) is 1.39. The van der Waals surface area contributed by atoms with Crippen molar-refractivity contribution in [3.8, 4) is 0 Å². The van der Waals surface area contributed by atoms with Crippen molar-refractivity contribution in [2.24, 2.45) is 0 Å². The summed E-state index contributed by atoms with van der Waals surface area (Å²) in [5, 5.41) is 0.709. The molecule has 1 aliphatic rings. The second-order valence-corrected chi connectivity index (χ2v) is 5.16. The topological polar surface area (TPSA) is 17.1 Å². The Hall–Kier alpha value is -1.60. The Balaban J connectivity index is 1.72. The van der Waals surface area contributed by atoms with E-state index in [0.29, 0.717) is 17.2 Å². The van der Waals surface area contributed by atoms with Gasteiger partial charge in [-0.2, -0.15) is 0 Å². The molecule has 0 heterocycles. The average molecular weight is 257 g/mol. The van der Waals surface area contributed by atoms with Gasteiger partial charge >= 0.3 is 0 Å². The summed E-state index contributed by atoms with van der Waals surface area (Å²) in [5.74, 6) is 0.396. The number of hydrogen-bond donors (Lipinski definition) is 0. The van der Waals surface area contributed by atoms with E-state index in [1.807, 2.05) is 36.4 Å². The van der Waals surface area contributed by atoms with Crippen molar-refractivity contribution in [2.75, 3.05) is 0 Å². The Bertz CT molecular complexity index is 586. The fourth-order valence-electron chi connectivity index (χ4n) is 2.47. The number of carbonyl (C=O) groups excluding carboxylic acids is 1. The Morgan fingerprint density at radius 2 is 1.83 bits per heavy atom. The highest BCUT2D eigenvalue weighted by Gasteiger charge is 2.31. The highest BCUT2D eigenvalue weighted by Crippen LogP contribution is 2.36. The van der Waals surface area contributed by atoms with Crippen LogP contribution in [-0.4, -0.2) is 5.78 Å². The molecule has 2 aromatic rings. The molecular weight excluding hydrogens is 244 g/mol. The predicted octanol–water partition coefficient (Wildman–Crippen LogP) is 3.79. The molecule has 0 bridgehead atoms. The molecule has 1 unspecified atom stereocenters. The minimum atomic E-state index is 0.0943. The van der Waals surface area contributed by atoms with Gasteiger partial charge in [0.25, 0.3) is 0 Å². The lowest BCUT2D eigenvalue weighted by atomic mass is 9.74. The van der Waals surface area contributed by atoms with Gasteiger partial charge in [-0.25, -0.2) is 0 Å². The molecule has 0 spiro atoms. The van der Waals surface area contributed by atoms with Crippen LogP contribution in [0.5, 0.6) is 0 Å². The van der Waals surface area contributed by atoms with Crippen LogP contribution in [0.4, 0.5) is 0 Å². The van der Waals surface area contributed by atoms with Crippen LogP contribution in [0.2, 0.25) is 5.02 Å². The number of fused-ring (bicyclic) bond motifs is 1. The lowest BCUT2D eigenvalue weighted by Crippen LogP contribution is -2.26. The first-order valence-electron chi connectivity index (χ1n) is 6.09. The Labute approximate surface area is 111 Å². The van der Waals surface area contributed by atoms with E-state index in [9.17, 15) is 4.79 Å². The molecule has 0 saturated carbocycles. The smallest absolute Gasteiger partial charge is 0.145 e. The highest BCUT2D eigenvalue weighted by molar-refractivity contribution is 6.30. The van der Waals surface area contributed by atoms with E-state index < -0.39 is 0 Å². The molecule has 0 radical (unpaired) electrons. The lowest BCUT2D eigenvalue weighted by molar-refractivity contribution is -0.120. The van der Waals surface area contributed by atoms with Gasteiger partial charge in [-0.05, 0) is 35.2 Å². The zero-order valence-electron chi connectivity index (χ0n) is 9.90. The molecule has 0 saturated heterocycles. The second-order valence-electron chi connectivity index (χ2n) is 4.73. The van der Waals surface area contributed by atoms with Crippen molar-refractivity contribution >= 4 is 17.4 Å². The number of ketones is 1. The SMILES string of the molecule is O=C(Cc1ccc(Cl)cc1)C1Cc2ccccc21. The second kappa shape index (κ2) is 4.58. The highest BCUT2D eigenvalue weighted by atomic mass is 35.5. The third-order valence-electron chi connectivity index (χ3n) is 3.53. The third kappa shape index (κ3) is 2.06. The summed E-state index contributed by atoms with van der Waals surface area (Å²) in [7, 11) is 0. The Morgan fingerprint density at radius 3 is 2.56 bits per heavy atom. The average Bonchev–Trinajstić information content (AvgIpc) is 2.34. The first-order chi connectivity index (χ1) is 8.74. The lowest BCUT2D eigenvalue weighted by Gasteiger charge is -2.28. The molecule has 1 atom stereocenters. The number of benzene rings is 2. The summed E-state index contributed by atoms with van der Waals surface area (Å²) >= 11 is 5.83. The zero-order valence-corrected chi connectivity index (χ0v) is 10.7. The minimum Gasteiger partial charge on any atom is -0.299 e. The largest absolute Gasteiger partial charge is 0.299 e. The normalized spacial score (nSPS) is 16.8. The summed E-state index contributed by atoms with van der Waals surface area (Å²) in [6.45, 7) is 0. The minimum absolute atomic E-state index is 0.0943. The summed E-state index contributed by atoms with van der Waals surface area (Å²) in [4.78, 5) is 12.2. The van der Waals surface area contributed by atoms with Crippen molar-refractivity contribution in [1.82, 2.24) is 0 Å². The molecule has 0 aromatic heterocycles. The van der Waals surface area contributed by atoms with Gasteiger partial charge in [0.05, 0.1) is 0 Å². The molecule has 18 heavy (non-hydrogen) atoms. The van der Waals surface area contributed by atoms with Crippen LogP contribution in [0.25, 0.3) is 0 Å². The fourth-order valence-corrected chi connectivity index (χ4v) is 2.60. The van der Waals surface area contributed by atoms with E-state index in [1.165, 1.54) is 11.1 Å². The van der Waals surface area contributed by atoms with Crippen LogP contribution >= 0.6 is 11.6 Å². The van der Waals surface area contributed by atoms with Crippen molar-refractivity contribution in [1.29, 1.82) is 0 Å². The van der Waals surface area contributed by atoms with Gasteiger partial charge in [-0.15, -0.1) is 0 Å². The molecular formula is C16H13ClO. The molecule has 90 valence electrons. The van der Waals surface area contributed by atoms with E-state index >= 15 is 0 Å². The number of halogens is 1. The van der Waals surface area contributed by atoms with E-state index in [2.05, 4.69) is 12.1 Å². The van der Waals surface area contributed by atoms with Crippen molar-refractivity contribution in [3.05, 3.63) is 70.2 Å². The first-order valence-corrected chi connectivity index (χ1v) is 6.47. The summed E-state index contributed by atoms with van der Waals surface area (Å²) in [6, 6.07) is 15.7. The molecule has 2 heteroatoms. The molecule has 1 nitrogen and oxygen atoms in total. The van der Waals surface area contributed by atoms with Gasteiger partial charge in [-0.1, -0.05) is 48.0 Å². The van der Waals surface area contributed by atoms with Crippen LogP contribution in [0, 0.1) is 0 Å². The van der Waals surface area contributed by atoms with Crippen molar-refractivity contribution < 1.29 is 4.79 Å². The van der Waals surface area contributed by atoms with Gasteiger partial charge in [0, 0.05) is 17.4 Å².